The van der Waals surface area contributed by atoms with Gasteiger partial charge in [-0.2, -0.15) is 0 Å². The molecule has 0 radical (unpaired) electrons. The van der Waals surface area contributed by atoms with Gasteiger partial charge < -0.3 is 20.6 Å². The molecule has 0 aromatic heterocycles. The average Bonchev–Trinajstić information content (AvgIpc) is 2.44. The van der Waals surface area contributed by atoms with Crippen molar-refractivity contribution in [2.75, 3.05) is 26.8 Å². The molecular weight excluding hydrogens is 246 g/mol. The van der Waals surface area contributed by atoms with Crippen molar-refractivity contribution in [3.63, 3.8) is 0 Å². The van der Waals surface area contributed by atoms with Crippen molar-refractivity contribution in [3.8, 4) is 0 Å². The summed E-state index contributed by atoms with van der Waals surface area (Å²) in [6.45, 7) is 4.10. The van der Waals surface area contributed by atoms with E-state index in [1.54, 1.807) is 7.11 Å². The third-order valence-electron chi connectivity index (χ3n) is 3.58. The van der Waals surface area contributed by atoms with Crippen molar-refractivity contribution < 1.29 is 14.7 Å². The summed E-state index contributed by atoms with van der Waals surface area (Å²) in [4.78, 5) is 14.3. The molecule has 110 valence electrons. The summed E-state index contributed by atoms with van der Waals surface area (Å²) < 4.78 is 5.16. The van der Waals surface area contributed by atoms with E-state index in [-0.39, 0.29) is 11.7 Å². The number of amidine groups is 1. The number of nitrogens with two attached hydrogens (primary N) is 1. The van der Waals surface area contributed by atoms with Crippen LogP contribution in [-0.2, 0) is 9.53 Å². The molecule has 2 unspecified atom stereocenters. The number of piperidine rings is 1. The van der Waals surface area contributed by atoms with Crippen molar-refractivity contribution in [2.45, 2.75) is 32.6 Å². The van der Waals surface area contributed by atoms with Gasteiger partial charge in [0, 0.05) is 20.2 Å². The molecule has 0 bridgehead atoms. The Morgan fingerprint density at radius 3 is 2.95 bits per heavy atom. The highest BCUT2D eigenvalue weighted by molar-refractivity contribution is 6.02. The van der Waals surface area contributed by atoms with Crippen molar-refractivity contribution in [3.05, 3.63) is 0 Å². The quantitative estimate of drug-likeness (QED) is 0.327. The van der Waals surface area contributed by atoms with Gasteiger partial charge in [0.15, 0.2) is 5.84 Å². The van der Waals surface area contributed by atoms with Crippen LogP contribution >= 0.6 is 0 Å². The molecule has 1 fully saturated rings. The van der Waals surface area contributed by atoms with Crippen LogP contribution in [0.1, 0.15) is 32.6 Å². The molecule has 0 aliphatic carbocycles. The summed E-state index contributed by atoms with van der Waals surface area (Å²) in [5, 5.41) is 11.8. The number of amides is 1. The molecule has 1 amide bonds. The first-order valence-electron chi connectivity index (χ1n) is 6.89. The summed E-state index contributed by atoms with van der Waals surface area (Å²) in [5.41, 5.74) is 5.63. The molecule has 1 rings (SSSR count). The molecular formula is C13H25N3O3. The van der Waals surface area contributed by atoms with E-state index >= 15 is 0 Å². The largest absolute Gasteiger partial charge is 0.409 e. The van der Waals surface area contributed by atoms with E-state index < -0.39 is 5.92 Å². The second kappa shape index (κ2) is 7.99. The van der Waals surface area contributed by atoms with E-state index in [4.69, 9.17) is 15.7 Å². The van der Waals surface area contributed by atoms with Crippen LogP contribution in [0.2, 0.25) is 0 Å². The van der Waals surface area contributed by atoms with Gasteiger partial charge in [0.2, 0.25) is 5.91 Å². The number of oxime groups is 1. The van der Waals surface area contributed by atoms with Gasteiger partial charge in [-0.3, -0.25) is 4.79 Å². The Kier molecular flexibility index (Phi) is 6.62. The van der Waals surface area contributed by atoms with E-state index in [9.17, 15) is 4.79 Å². The zero-order chi connectivity index (χ0) is 14.3. The van der Waals surface area contributed by atoms with Gasteiger partial charge in [0.25, 0.3) is 0 Å². The van der Waals surface area contributed by atoms with Gasteiger partial charge in [-0.05, 0) is 25.2 Å². The summed E-state index contributed by atoms with van der Waals surface area (Å²) >= 11 is 0. The Hall–Kier alpha value is -1.30. The van der Waals surface area contributed by atoms with Crippen LogP contribution in [0, 0.1) is 11.8 Å². The molecule has 0 spiro atoms. The van der Waals surface area contributed by atoms with Crippen LogP contribution in [0.3, 0.4) is 0 Å². The Bertz CT molecular complexity index is 318. The molecule has 3 N–H and O–H groups in total. The predicted octanol–water partition coefficient (Wildman–Crippen LogP) is 1.03. The number of rotatable bonds is 6. The lowest BCUT2D eigenvalue weighted by molar-refractivity contribution is -0.135. The van der Waals surface area contributed by atoms with Crippen LogP contribution in [0.25, 0.3) is 0 Å². The van der Waals surface area contributed by atoms with Crippen LogP contribution in [0.5, 0.6) is 0 Å². The van der Waals surface area contributed by atoms with Crippen LogP contribution in [0.4, 0.5) is 0 Å². The molecule has 0 aromatic carbocycles. The van der Waals surface area contributed by atoms with E-state index in [1.165, 1.54) is 0 Å². The van der Waals surface area contributed by atoms with Crippen LogP contribution in [-0.4, -0.2) is 48.7 Å². The number of hydrogen-bond donors (Lipinski definition) is 2. The molecule has 0 saturated carbocycles. The van der Waals surface area contributed by atoms with Gasteiger partial charge in [-0.15, -0.1) is 0 Å². The standard InChI is InChI=1S/C13H25N3O3/c1-3-5-11(12(14)15-18)13(17)16-7-4-6-10(8-16)9-19-2/h10-11,18H,3-9H2,1-2H3,(H2,14,15). The maximum Gasteiger partial charge on any atom is 0.233 e. The SMILES string of the molecule is CCCC(C(=O)N1CCCC(COC)C1)C(N)=NO. The number of carbonyl (C=O) groups excluding carboxylic acids is 1. The minimum atomic E-state index is -0.503. The lowest BCUT2D eigenvalue weighted by Crippen LogP contribution is -2.47. The van der Waals surface area contributed by atoms with Crippen molar-refractivity contribution in [2.24, 2.45) is 22.7 Å². The summed E-state index contributed by atoms with van der Waals surface area (Å²) in [6.07, 6.45) is 3.50. The van der Waals surface area contributed by atoms with E-state index in [0.29, 0.717) is 25.5 Å². The van der Waals surface area contributed by atoms with Crippen molar-refractivity contribution in [1.82, 2.24) is 4.90 Å². The van der Waals surface area contributed by atoms with Gasteiger partial charge in [0.1, 0.15) is 0 Å². The normalized spacial score (nSPS) is 22.3. The van der Waals surface area contributed by atoms with Crippen molar-refractivity contribution in [1.29, 1.82) is 0 Å². The minimum Gasteiger partial charge on any atom is -0.409 e. The number of likely N-dealkylation sites (tertiary alicyclic amines) is 1. The first-order chi connectivity index (χ1) is 9.13. The Morgan fingerprint density at radius 2 is 2.37 bits per heavy atom. The first kappa shape index (κ1) is 15.8. The van der Waals surface area contributed by atoms with E-state index in [1.807, 2.05) is 11.8 Å². The Labute approximate surface area is 114 Å². The summed E-state index contributed by atoms with van der Waals surface area (Å²) in [5.74, 6) is -0.132. The molecule has 6 heteroatoms. The lowest BCUT2D eigenvalue weighted by atomic mass is 9.95. The van der Waals surface area contributed by atoms with Crippen LogP contribution in [0.15, 0.2) is 5.16 Å². The van der Waals surface area contributed by atoms with Gasteiger partial charge in [-0.25, -0.2) is 0 Å². The molecule has 19 heavy (non-hydrogen) atoms. The van der Waals surface area contributed by atoms with E-state index in [2.05, 4.69) is 5.16 Å². The van der Waals surface area contributed by atoms with Gasteiger partial charge in [0.05, 0.1) is 12.5 Å². The summed E-state index contributed by atoms with van der Waals surface area (Å²) in [7, 11) is 1.68. The Morgan fingerprint density at radius 1 is 1.63 bits per heavy atom. The molecule has 6 nitrogen and oxygen atoms in total. The number of ether oxygens (including phenoxy) is 1. The minimum absolute atomic E-state index is 0.0146. The average molecular weight is 271 g/mol. The maximum atomic E-state index is 12.5. The molecule has 2 atom stereocenters. The number of carbonyl (C=O) groups is 1. The fraction of sp³-hybridized carbons (Fsp3) is 0.846. The fourth-order valence-electron chi connectivity index (χ4n) is 2.61. The molecule has 1 aliphatic heterocycles. The highest BCUT2D eigenvalue weighted by atomic mass is 16.5. The molecule has 1 aliphatic rings. The third kappa shape index (κ3) is 4.38. The zero-order valence-corrected chi connectivity index (χ0v) is 11.8. The fourth-order valence-corrected chi connectivity index (χ4v) is 2.61. The Balaban J connectivity index is 2.67. The zero-order valence-electron chi connectivity index (χ0n) is 11.8. The topological polar surface area (TPSA) is 88.2 Å². The summed E-state index contributed by atoms with van der Waals surface area (Å²) in [6, 6.07) is 0. The third-order valence-corrected chi connectivity index (χ3v) is 3.58. The molecule has 1 heterocycles. The van der Waals surface area contributed by atoms with Crippen molar-refractivity contribution >= 4 is 11.7 Å². The predicted molar refractivity (Wildman–Crippen MR) is 73.0 cm³/mol. The highest BCUT2D eigenvalue weighted by Crippen LogP contribution is 2.20. The second-order valence-electron chi connectivity index (χ2n) is 5.11. The monoisotopic (exact) mass is 271 g/mol. The second-order valence-corrected chi connectivity index (χ2v) is 5.11. The lowest BCUT2D eigenvalue weighted by Gasteiger charge is -2.34. The number of nitrogens with zero attached hydrogens (tertiary/aromatic N) is 2. The number of methoxy groups -OCH3 is 1. The van der Waals surface area contributed by atoms with E-state index in [0.717, 1.165) is 25.8 Å². The molecule has 1 saturated heterocycles. The maximum absolute atomic E-state index is 12.5. The smallest absolute Gasteiger partial charge is 0.233 e. The molecule has 0 aromatic rings. The number of hydrogen-bond acceptors (Lipinski definition) is 4. The highest BCUT2D eigenvalue weighted by Gasteiger charge is 2.30. The van der Waals surface area contributed by atoms with Crippen LogP contribution < -0.4 is 5.73 Å². The van der Waals surface area contributed by atoms with Gasteiger partial charge in [-0.1, -0.05) is 18.5 Å². The first-order valence-corrected chi connectivity index (χ1v) is 6.89. The van der Waals surface area contributed by atoms with Gasteiger partial charge >= 0.3 is 0 Å².